The predicted molar refractivity (Wildman–Crippen MR) is 147 cm³/mol. The van der Waals surface area contributed by atoms with Gasteiger partial charge in [0.15, 0.2) is 0 Å². The van der Waals surface area contributed by atoms with Crippen LogP contribution in [0.25, 0.3) is 0 Å². The number of ether oxygens (including phenoxy) is 1. The molecule has 198 valence electrons. The van der Waals surface area contributed by atoms with Crippen molar-refractivity contribution in [3.8, 4) is 6.07 Å². The van der Waals surface area contributed by atoms with Crippen molar-refractivity contribution < 1.29 is 18.5 Å². The molecule has 2 amide bonds. The van der Waals surface area contributed by atoms with Crippen molar-refractivity contribution in [2.75, 3.05) is 32.0 Å². The molecule has 0 spiro atoms. The molecular formula is C27H34N4O4S2. The number of morpholine rings is 1. The van der Waals surface area contributed by atoms with E-state index < -0.39 is 17.0 Å². The number of hydrogen-bond donors (Lipinski definition) is 2. The maximum absolute atomic E-state index is 13.1. The molecule has 2 heterocycles. The van der Waals surface area contributed by atoms with Crippen molar-refractivity contribution in [2.24, 2.45) is 5.92 Å². The summed E-state index contributed by atoms with van der Waals surface area (Å²) in [5, 5.41) is 15.2. The van der Waals surface area contributed by atoms with Crippen molar-refractivity contribution in [1.29, 1.82) is 5.26 Å². The van der Waals surface area contributed by atoms with E-state index in [1.165, 1.54) is 11.8 Å². The average Bonchev–Trinajstić information content (AvgIpc) is 3.05. The van der Waals surface area contributed by atoms with Crippen LogP contribution in [0.4, 0.5) is 0 Å². The van der Waals surface area contributed by atoms with Gasteiger partial charge in [-0.25, -0.2) is 8.51 Å². The molecule has 2 N–H and O–H groups in total. The van der Waals surface area contributed by atoms with E-state index in [-0.39, 0.29) is 30.4 Å². The molecule has 0 aliphatic carbocycles. The van der Waals surface area contributed by atoms with Crippen LogP contribution in [0.5, 0.6) is 0 Å². The Balaban J connectivity index is 1.58. The Hall–Kier alpha value is -2.71. The van der Waals surface area contributed by atoms with Crippen molar-refractivity contribution in [3.63, 3.8) is 0 Å². The first kappa shape index (κ1) is 28.9. The minimum Gasteiger partial charge on any atom is -0.374 e. The number of amides is 2. The summed E-state index contributed by atoms with van der Waals surface area (Å²) in [6.45, 7) is 5.41. The molecule has 0 bridgehead atoms. The van der Waals surface area contributed by atoms with Crippen LogP contribution in [0.1, 0.15) is 32.3 Å². The third kappa shape index (κ3) is 8.97. The van der Waals surface area contributed by atoms with E-state index in [4.69, 9.17) is 4.74 Å². The normalized spacial score (nSPS) is 23.2. The Morgan fingerprint density at radius 2 is 2.05 bits per heavy atom. The Morgan fingerprint density at radius 3 is 2.84 bits per heavy atom. The third-order valence-corrected chi connectivity index (χ3v) is 8.30. The quantitative estimate of drug-likeness (QED) is 0.496. The van der Waals surface area contributed by atoms with Gasteiger partial charge in [0.2, 0.25) is 5.91 Å². The summed E-state index contributed by atoms with van der Waals surface area (Å²) in [4.78, 5) is 27.1. The molecule has 10 heteroatoms. The second-order valence-electron chi connectivity index (χ2n) is 9.11. The van der Waals surface area contributed by atoms with E-state index in [0.717, 1.165) is 0 Å². The lowest BCUT2D eigenvalue weighted by Gasteiger charge is -2.32. The van der Waals surface area contributed by atoms with E-state index >= 15 is 0 Å². The summed E-state index contributed by atoms with van der Waals surface area (Å²) in [6.07, 6.45) is 10.6. The fraction of sp³-hybridized carbons (Fsp3) is 0.444. The molecule has 2 aliphatic heterocycles. The van der Waals surface area contributed by atoms with Crippen LogP contribution >= 0.6 is 11.8 Å². The molecule has 3 rings (SSSR count). The Kier molecular flexibility index (Phi) is 11.6. The Labute approximate surface area is 225 Å². The SMILES string of the molecule is CC(C)C[C@H](NC(=O)/C1=C/C/C=C\C=C/CS1)C(=O)NCC1CN(S(=O)c2ccccc2C#N)CCO1. The zero-order chi connectivity index (χ0) is 26.6. The number of rotatable bonds is 9. The largest absolute Gasteiger partial charge is 0.374 e. The van der Waals surface area contributed by atoms with Gasteiger partial charge in [0, 0.05) is 25.4 Å². The fourth-order valence-electron chi connectivity index (χ4n) is 3.91. The number of nitrogens with zero attached hydrogens (tertiary/aromatic N) is 2. The molecule has 37 heavy (non-hydrogen) atoms. The molecule has 1 aromatic rings. The van der Waals surface area contributed by atoms with Gasteiger partial charge < -0.3 is 15.4 Å². The first-order valence-corrected chi connectivity index (χ1v) is 14.5. The molecule has 8 nitrogen and oxygen atoms in total. The first-order valence-electron chi connectivity index (χ1n) is 12.4. The van der Waals surface area contributed by atoms with E-state index in [1.54, 1.807) is 28.6 Å². The number of hydrogen-bond acceptors (Lipinski definition) is 6. The second-order valence-corrected chi connectivity index (χ2v) is 11.6. The maximum Gasteiger partial charge on any atom is 0.258 e. The molecule has 1 aromatic carbocycles. The molecule has 1 fully saturated rings. The summed E-state index contributed by atoms with van der Waals surface area (Å²) in [5.74, 6) is 0.363. The van der Waals surface area contributed by atoms with Gasteiger partial charge in [-0.05, 0) is 30.9 Å². The van der Waals surface area contributed by atoms with Gasteiger partial charge in [0.1, 0.15) is 23.1 Å². The van der Waals surface area contributed by atoms with Crippen LogP contribution in [0, 0.1) is 17.2 Å². The molecule has 0 radical (unpaired) electrons. The summed E-state index contributed by atoms with van der Waals surface area (Å²) in [7, 11) is -1.50. The van der Waals surface area contributed by atoms with Crippen LogP contribution < -0.4 is 10.6 Å². The van der Waals surface area contributed by atoms with E-state index in [2.05, 4.69) is 16.7 Å². The second kappa shape index (κ2) is 14.9. The molecule has 0 saturated carbocycles. The summed E-state index contributed by atoms with van der Waals surface area (Å²) in [5.41, 5.74) is 0.379. The highest BCUT2D eigenvalue weighted by molar-refractivity contribution is 8.04. The minimum absolute atomic E-state index is 0.202. The number of nitriles is 1. The van der Waals surface area contributed by atoms with Crippen LogP contribution in [-0.2, 0) is 25.3 Å². The van der Waals surface area contributed by atoms with Crippen LogP contribution in [-0.4, -0.2) is 64.5 Å². The summed E-state index contributed by atoms with van der Waals surface area (Å²) >= 11 is 1.45. The molecular weight excluding hydrogens is 508 g/mol. The number of benzene rings is 1. The predicted octanol–water partition coefficient (Wildman–Crippen LogP) is 3.06. The van der Waals surface area contributed by atoms with Gasteiger partial charge in [-0.1, -0.05) is 56.4 Å². The van der Waals surface area contributed by atoms with Gasteiger partial charge in [-0.3, -0.25) is 9.59 Å². The molecule has 2 aliphatic rings. The van der Waals surface area contributed by atoms with Gasteiger partial charge in [-0.15, -0.1) is 11.8 Å². The van der Waals surface area contributed by atoms with E-state index in [1.807, 2.05) is 44.2 Å². The van der Waals surface area contributed by atoms with Crippen molar-refractivity contribution in [2.45, 2.75) is 43.7 Å². The molecule has 0 aromatic heterocycles. The van der Waals surface area contributed by atoms with Crippen LogP contribution in [0.2, 0.25) is 0 Å². The number of allylic oxidation sites excluding steroid dienone is 4. The van der Waals surface area contributed by atoms with Crippen molar-refractivity contribution in [1.82, 2.24) is 14.9 Å². The fourth-order valence-corrected chi connectivity index (χ4v) is 6.02. The standard InChI is InChI=1S/C27H34N4O4S2/c1-20(2)16-23(30-27(33)24-11-6-4-3-5-9-15-36-24)26(32)29-18-22-19-31(13-14-35-22)37(34)25-12-8-7-10-21(25)17-28/h3-5,7-12,20,22-23H,6,13-16,18-19H2,1-2H3,(H,29,32)(H,30,33)/b4-3-,9-5-,24-11-/t22?,23-,37?/m0/s1. The van der Waals surface area contributed by atoms with Gasteiger partial charge in [0.05, 0.1) is 28.1 Å². The highest BCUT2D eigenvalue weighted by Gasteiger charge is 2.28. The van der Waals surface area contributed by atoms with Crippen molar-refractivity contribution >= 4 is 34.6 Å². The monoisotopic (exact) mass is 542 g/mol. The number of carbonyl (C=O) groups is 2. The first-order chi connectivity index (χ1) is 17.9. The Bertz CT molecular complexity index is 1110. The van der Waals surface area contributed by atoms with Gasteiger partial charge >= 0.3 is 0 Å². The zero-order valence-electron chi connectivity index (χ0n) is 21.2. The number of thioether (sulfide) groups is 1. The lowest BCUT2D eigenvalue weighted by molar-refractivity contribution is -0.128. The zero-order valence-corrected chi connectivity index (χ0v) is 22.9. The summed E-state index contributed by atoms with van der Waals surface area (Å²) in [6, 6.07) is 8.25. The molecule has 3 atom stereocenters. The summed E-state index contributed by atoms with van der Waals surface area (Å²) < 4.78 is 20.7. The van der Waals surface area contributed by atoms with Gasteiger partial charge in [-0.2, -0.15) is 5.26 Å². The highest BCUT2D eigenvalue weighted by Crippen LogP contribution is 2.20. The van der Waals surface area contributed by atoms with E-state index in [9.17, 15) is 19.1 Å². The van der Waals surface area contributed by atoms with Gasteiger partial charge in [0.25, 0.3) is 5.91 Å². The Morgan fingerprint density at radius 1 is 1.27 bits per heavy atom. The lowest BCUT2D eigenvalue weighted by Crippen LogP contribution is -2.52. The number of carbonyl (C=O) groups excluding carboxylic acids is 2. The van der Waals surface area contributed by atoms with Crippen molar-refractivity contribution in [3.05, 3.63) is 65.1 Å². The molecule has 1 saturated heterocycles. The van der Waals surface area contributed by atoms with Crippen LogP contribution in [0.3, 0.4) is 0 Å². The lowest BCUT2D eigenvalue weighted by atomic mass is 10.0. The minimum atomic E-state index is -1.50. The smallest absolute Gasteiger partial charge is 0.258 e. The average molecular weight is 543 g/mol. The number of nitrogens with one attached hydrogen (secondary N) is 2. The highest BCUT2D eigenvalue weighted by atomic mass is 32.2. The van der Waals surface area contributed by atoms with Crippen LogP contribution in [0.15, 0.2) is 64.4 Å². The maximum atomic E-state index is 13.1. The van der Waals surface area contributed by atoms with E-state index in [0.29, 0.717) is 53.7 Å². The molecule has 2 unspecified atom stereocenters. The third-order valence-electron chi connectivity index (χ3n) is 5.75. The topological polar surface area (TPSA) is 112 Å².